The van der Waals surface area contributed by atoms with E-state index >= 15 is 0 Å². The Morgan fingerprint density at radius 1 is 0.718 bits per heavy atom. The zero-order valence-corrected chi connectivity index (χ0v) is 22.2. The minimum absolute atomic E-state index is 0. The maximum atomic E-state index is 11.1. The SMILES string of the molecule is CC1=CC(=O)C=C(O)/C1=N/N=c1\[n-]cc([N+](=O)[O-])s1.CC1=CC(=O)C=C(O)/C1=N/N=c1\[n-]cc([N+](=O)[O-])s1.[Co+2]. The second-order valence-electron chi connectivity index (χ2n) is 7.09. The van der Waals surface area contributed by atoms with Crippen molar-refractivity contribution in [2.75, 3.05) is 0 Å². The Kier molecular flexibility index (Phi) is 10.4. The average Bonchev–Trinajstić information content (AvgIpc) is 3.48. The van der Waals surface area contributed by atoms with Crippen LogP contribution in [0.25, 0.3) is 0 Å². The van der Waals surface area contributed by atoms with Crippen molar-refractivity contribution in [3.05, 3.63) is 89.2 Å². The number of allylic oxidation sites excluding steroid dienone is 6. The van der Waals surface area contributed by atoms with E-state index in [9.17, 15) is 40.0 Å². The molecule has 2 aromatic rings. The number of nitro groups is 2. The first kappa shape index (κ1) is 30.6. The van der Waals surface area contributed by atoms with Crippen LogP contribution in [-0.4, -0.2) is 43.0 Å². The first-order chi connectivity index (χ1) is 17.9. The first-order valence-electron chi connectivity index (χ1n) is 9.99. The normalized spacial score (nSPS) is 18.0. The third kappa shape index (κ3) is 8.20. The van der Waals surface area contributed by atoms with Gasteiger partial charge in [-0.3, -0.25) is 40.0 Å². The fourth-order valence-corrected chi connectivity index (χ4v) is 3.79. The van der Waals surface area contributed by atoms with Crippen molar-refractivity contribution in [1.82, 2.24) is 9.97 Å². The number of rotatable bonds is 4. The minimum Gasteiger partial charge on any atom is -0.506 e. The quantitative estimate of drug-likeness (QED) is 0.286. The number of ketones is 2. The van der Waals surface area contributed by atoms with Crippen molar-refractivity contribution in [2.45, 2.75) is 13.8 Å². The molecule has 0 unspecified atom stereocenters. The molecular weight excluding hydrogens is 603 g/mol. The number of aliphatic hydroxyl groups excluding tert-OH is 2. The number of hydrogen-bond donors (Lipinski definition) is 2. The van der Waals surface area contributed by atoms with Crippen molar-refractivity contribution >= 4 is 55.7 Å². The van der Waals surface area contributed by atoms with Crippen molar-refractivity contribution in [1.29, 1.82) is 0 Å². The van der Waals surface area contributed by atoms with Gasteiger partial charge in [-0.1, -0.05) is 22.7 Å². The van der Waals surface area contributed by atoms with Crippen molar-refractivity contribution in [2.24, 2.45) is 20.4 Å². The van der Waals surface area contributed by atoms with Gasteiger partial charge in [-0.05, 0) is 37.1 Å². The molecule has 0 amide bonds. The van der Waals surface area contributed by atoms with Gasteiger partial charge < -0.3 is 30.4 Å². The Labute approximate surface area is 235 Å². The number of carbonyl (C=O) groups excluding carboxylic acids is 2. The fraction of sp³-hybridized carbons (Fsp3) is 0.100. The molecule has 19 heteroatoms. The molecule has 203 valence electrons. The van der Waals surface area contributed by atoms with Crippen molar-refractivity contribution in [3.8, 4) is 0 Å². The van der Waals surface area contributed by atoms with Crippen LogP contribution >= 0.6 is 22.7 Å². The summed E-state index contributed by atoms with van der Waals surface area (Å²) in [7, 11) is 0. The van der Waals surface area contributed by atoms with Crippen LogP contribution in [-0.2, 0) is 26.4 Å². The monoisotopic (exact) mass is 617 g/mol. The maximum absolute atomic E-state index is 11.1. The van der Waals surface area contributed by atoms with Crippen molar-refractivity contribution in [3.63, 3.8) is 0 Å². The number of nitrogens with zero attached hydrogens (tertiary/aromatic N) is 8. The Hall–Kier alpha value is -4.59. The molecule has 0 aromatic carbocycles. The molecule has 2 aromatic heterocycles. The maximum Gasteiger partial charge on any atom is 2.00 e. The Morgan fingerprint density at radius 3 is 1.36 bits per heavy atom. The van der Waals surface area contributed by atoms with Crippen LogP contribution in [0.1, 0.15) is 13.8 Å². The minimum atomic E-state index is -0.578. The molecule has 2 N–H and O–H groups in total. The van der Waals surface area contributed by atoms with E-state index in [0.29, 0.717) is 11.1 Å². The summed E-state index contributed by atoms with van der Waals surface area (Å²) in [5.41, 5.74) is 1.19. The van der Waals surface area contributed by atoms with Gasteiger partial charge >= 0.3 is 26.8 Å². The van der Waals surface area contributed by atoms with E-state index in [1.165, 1.54) is 12.2 Å². The summed E-state index contributed by atoms with van der Waals surface area (Å²) in [5.74, 6) is -1.25. The zero-order valence-electron chi connectivity index (χ0n) is 19.5. The van der Waals surface area contributed by atoms with E-state index in [2.05, 4.69) is 30.4 Å². The molecular formula is C20H14CoN8O8S2. The van der Waals surface area contributed by atoms with Gasteiger partial charge in [0.1, 0.15) is 22.9 Å². The molecule has 0 bridgehead atoms. The summed E-state index contributed by atoms with van der Waals surface area (Å²) >= 11 is 1.52. The molecule has 4 rings (SSSR count). The summed E-state index contributed by atoms with van der Waals surface area (Å²) < 4.78 is 0. The van der Waals surface area contributed by atoms with Gasteiger partial charge in [-0.2, -0.15) is 0 Å². The second-order valence-corrected chi connectivity index (χ2v) is 9.07. The van der Waals surface area contributed by atoms with Gasteiger partial charge in [0.05, 0.1) is 9.85 Å². The van der Waals surface area contributed by atoms with Crippen LogP contribution < -0.4 is 19.6 Å². The molecule has 2 aliphatic rings. The molecule has 2 aliphatic carbocycles. The largest absolute Gasteiger partial charge is 2.00 e. The zero-order chi connectivity index (χ0) is 28.0. The molecule has 1 radical (unpaired) electrons. The predicted molar refractivity (Wildman–Crippen MR) is 134 cm³/mol. The molecule has 2 heterocycles. The number of aromatic nitrogens is 2. The van der Waals surface area contributed by atoms with Gasteiger partial charge in [-0.15, -0.1) is 0 Å². The van der Waals surface area contributed by atoms with Crippen LogP contribution in [0.3, 0.4) is 0 Å². The van der Waals surface area contributed by atoms with E-state index in [1.54, 1.807) is 13.8 Å². The number of thiazole rings is 2. The van der Waals surface area contributed by atoms with Crippen molar-refractivity contribution < 1.29 is 46.4 Å². The molecule has 0 aliphatic heterocycles. The van der Waals surface area contributed by atoms with E-state index in [4.69, 9.17) is 0 Å². The van der Waals surface area contributed by atoms with Gasteiger partial charge in [-0.25, -0.2) is 0 Å². The molecule has 0 saturated carbocycles. The summed E-state index contributed by atoms with van der Waals surface area (Å²) in [6.45, 7) is 3.19. The summed E-state index contributed by atoms with van der Waals surface area (Å²) in [4.78, 5) is 49.6. The summed E-state index contributed by atoms with van der Waals surface area (Å²) in [5, 5.41) is 54.7. The molecule has 16 nitrogen and oxygen atoms in total. The molecule has 0 atom stereocenters. The Balaban J connectivity index is 0.000000267. The van der Waals surface area contributed by atoms with Gasteiger partial charge in [0.15, 0.2) is 11.6 Å². The van der Waals surface area contributed by atoms with Gasteiger partial charge in [0, 0.05) is 34.1 Å². The van der Waals surface area contributed by atoms with E-state index in [-0.39, 0.29) is 70.9 Å². The van der Waals surface area contributed by atoms with Crippen LogP contribution in [0.15, 0.2) is 79.8 Å². The van der Waals surface area contributed by atoms with Crippen LogP contribution in [0.4, 0.5) is 10.0 Å². The first-order valence-corrected chi connectivity index (χ1v) is 11.6. The van der Waals surface area contributed by atoms with Gasteiger partial charge in [0.25, 0.3) is 0 Å². The average molecular weight is 617 g/mol. The van der Waals surface area contributed by atoms with E-state index in [1.807, 2.05) is 0 Å². The standard InChI is InChI=1S/2C10H8N4O4S.Co/c2*1-5-2-6(15)3-7(16)9(5)12-13-10-11-4-8(19-10)14(17)18;/h2*2-4H,1H3,(H2,11,13,15,16);/q;;+2/p-2. The number of aliphatic hydroxyl groups is 2. The van der Waals surface area contributed by atoms with Crippen LogP contribution in [0, 0.1) is 20.2 Å². The van der Waals surface area contributed by atoms with E-state index < -0.39 is 9.85 Å². The number of carbonyl (C=O) groups is 2. The molecule has 0 fully saturated rings. The topological polar surface area (TPSA) is 239 Å². The second kappa shape index (κ2) is 13.3. The van der Waals surface area contributed by atoms with E-state index in [0.717, 1.165) is 47.2 Å². The summed E-state index contributed by atoms with van der Waals surface area (Å²) in [6.07, 6.45) is 6.80. The number of hydrogen-bond acceptors (Lipinski definition) is 14. The molecule has 0 spiro atoms. The fourth-order valence-electron chi connectivity index (χ4n) is 2.68. The molecule has 0 saturated heterocycles. The Morgan fingerprint density at radius 2 is 1.08 bits per heavy atom. The predicted octanol–water partition coefficient (Wildman–Crippen LogP) is 1.68. The van der Waals surface area contributed by atoms with Crippen LogP contribution in [0.5, 0.6) is 0 Å². The third-order valence-electron chi connectivity index (χ3n) is 4.30. The summed E-state index contributed by atoms with van der Waals surface area (Å²) in [6, 6.07) is 0. The third-order valence-corrected chi connectivity index (χ3v) is 5.97. The smallest absolute Gasteiger partial charge is 0.506 e. The molecule has 39 heavy (non-hydrogen) atoms. The van der Waals surface area contributed by atoms with Gasteiger partial charge in [0.2, 0.25) is 0 Å². The van der Waals surface area contributed by atoms with Crippen LogP contribution in [0.2, 0.25) is 0 Å². The Bertz CT molecular complexity index is 1500.